The van der Waals surface area contributed by atoms with Gasteiger partial charge >= 0.3 is 5.97 Å². The highest BCUT2D eigenvalue weighted by molar-refractivity contribution is 5.97. The van der Waals surface area contributed by atoms with Crippen molar-refractivity contribution < 1.29 is 14.7 Å². The number of aromatic amines is 1. The molecule has 0 radical (unpaired) electrons. The van der Waals surface area contributed by atoms with Gasteiger partial charge in [-0.1, -0.05) is 0 Å². The van der Waals surface area contributed by atoms with Crippen molar-refractivity contribution >= 4 is 17.6 Å². The number of aromatic nitrogens is 1. The average Bonchev–Trinajstić information content (AvgIpc) is 2.38. The van der Waals surface area contributed by atoms with Gasteiger partial charge in [0.15, 0.2) is 0 Å². The molecule has 1 aliphatic heterocycles. The topological polar surface area (TPSA) is 82.2 Å². The van der Waals surface area contributed by atoms with Crippen molar-refractivity contribution in [3.63, 3.8) is 0 Å². The maximum Gasteiger partial charge on any atom is 0.352 e. The first-order chi connectivity index (χ1) is 7.09. The summed E-state index contributed by atoms with van der Waals surface area (Å²) in [7, 11) is 0. The fourth-order valence-corrected chi connectivity index (χ4v) is 1.86. The molecule has 0 bridgehead atoms. The molecule has 1 amide bonds. The van der Waals surface area contributed by atoms with Crippen LogP contribution in [0, 0.1) is 6.92 Å². The van der Waals surface area contributed by atoms with Crippen LogP contribution in [-0.4, -0.2) is 22.0 Å². The number of carboxylic acid groups (broad SMARTS) is 1. The number of anilines is 1. The van der Waals surface area contributed by atoms with Crippen LogP contribution >= 0.6 is 0 Å². The number of fused-ring (bicyclic) bond motifs is 1. The molecular formula is C10H12N2O3. The zero-order valence-corrected chi connectivity index (χ0v) is 8.39. The third kappa shape index (κ3) is 1.60. The summed E-state index contributed by atoms with van der Waals surface area (Å²) in [5.41, 5.74) is 2.24. The zero-order chi connectivity index (χ0) is 11.0. The SMILES string of the molecule is Cc1c(C(=O)O)[nH]c2c1NC(=O)CCC2. The zero-order valence-electron chi connectivity index (χ0n) is 8.39. The summed E-state index contributed by atoms with van der Waals surface area (Å²) in [6.45, 7) is 1.70. The van der Waals surface area contributed by atoms with Gasteiger partial charge < -0.3 is 15.4 Å². The summed E-state index contributed by atoms with van der Waals surface area (Å²) in [5, 5.41) is 11.6. The lowest BCUT2D eigenvalue weighted by Crippen LogP contribution is -2.10. The van der Waals surface area contributed by atoms with Crippen LogP contribution in [0.4, 0.5) is 5.69 Å². The van der Waals surface area contributed by atoms with E-state index in [1.165, 1.54) is 0 Å². The highest BCUT2D eigenvalue weighted by Crippen LogP contribution is 2.27. The van der Waals surface area contributed by atoms with E-state index < -0.39 is 5.97 Å². The molecule has 0 fully saturated rings. The Kier molecular flexibility index (Phi) is 2.22. The molecular weight excluding hydrogens is 196 g/mol. The molecule has 3 N–H and O–H groups in total. The van der Waals surface area contributed by atoms with E-state index in [1.54, 1.807) is 6.92 Å². The van der Waals surface area contributed by atoms with Gasteiger partial charge in [0.05, 0.1) is 5.69 Å². The van der Waals surface area contributed by atoms with Gasteiger partial charge in [-0.05, 0) is 19.8 Å². The van der Waals surface area contributed by atoms with E-state index in [0.717, 1.165) is 12.1 Å². The van der Waals surface area contributed by atoms with Crippen molar-refractivity contribution in [2.75, 3.05) is 5.32 Å². The number of amides is 1. The third-order valence-corrected chi connectivity index (χ3v) is 2.64. The fraction of sp³-hybridized carbons (Fsp3) is 0.400. The molecule has 1 aromatic rings. The minimum Gasteiger partial charge on any atom is -0.477 e. The van der Waals surface area contributed by atoms with Gasteiger partial charge in [-0.3, -0.25) is 4.79 Å². The molecule has 5 heteroatoms. The number of aryl methyl sites for hydroxylation is 1. The van der Waals surface area contributed by atoms with Gasteiger partial charge in [-0.25, -0.2) is 4.79 Å². The second kappa shape index (κ2) is 3.42. The Morgan fingerprint density at radius 2 is 2.13 bits per heavy atom. The van der Waals surface area contributed by atoms with Crippen LogP contribution < -0.4 is 5.32 Å². The molecule has 15 heavy (non-hydrogen) atoms. The Bertz CT molecular complexity index is 434. The summed E-state index contributed by atoms with van der Waals surface area (Å²) < 4.78 is 0. The number of hydrogen-bond donors (Lipinski definition) is 3. The van der Waals surface area contributed by atoms with Crippen LogP contribution in [0.2, 0.25) is 0 Å². The molecule has 2 heterocycles. The van der Waals surface area contributed by atoms with E-state index >= 15 is 0 Å². The molecule has 5 nitrogen and oxygen atoms in total. The van der Waals surface area contributed by atoms with E-state index in [0.29, 0.717) is 24.1 Å². The summed E-state index contributed by atoms with van der Waals surface area (Å²) >= 11 is 0. The number of carbonyl (C=O) groups is 2. The lowest BCUT2D eigenvalue weighted by atomic mass is 10.2. The maximum atomic E-state index is 11.3. The number of nitrogens with one attached hydrogen (secondary N) is 2. The molecule has 0 saturated carbocycles. The predicted molar refractivity (Wildman–Crippen MR) is 54.1 cm³/mol. The van der Waals surface area contributed by atoms with Crippen molar-refractivity contribution in [1.29, 1.82) is 0 Å². The first-order valence-electron chi connectivity index (χ1n) is 4.84. The summed E-state index contributed by atoms with van der Waals surface area (Å²) in [6.07, 6.45) is 1.95. The molecule has 80 valence electrons. The smallest absolute Gasteiger partial charge is 0.352 e. The molecule has 0 aliphatic carbocycles. The first kappa shape index (κ1) is 9.76. The van der Waals surface area contributed by atoms with Crippen LogP contribution in [0.3, 0.4) is 0 Å². The Balaban J connectivity index is 2.48. The third-order valence-electron chi connectivity index (χ3n) is 2.64. The minimum atomic E-state index is -0.991. The number of aromatic carboxylic acids is 1. The first-order valence-corrected chi connectivity index (χ1v) is 4.84. The van der Waals surface area contributed by atoms with Crippen molar-refractivity contribution in [3.8, 4) is 0 Å². The monoisotopic (exact) mass is 208 g/mol. The Hall–Kier alpha value is -1.78. The van der Waals surface area contributed by atoms with Crippen LogP contribution in [0.25, 0.3) is 0 Å². The van der Waals surface area contributed by atoms with Crippen LogP contribution in [0.15, 0.2) is 0 Å². The molecule has 0 unspecified atom stereocenters. The van der Waals surface area contributed by atoms with Gasteiger partial charge in [0.2, 0.25) is 5.91 Å². The molecule has 1 aromatic heterocycles. The van der Waals surface area contributed by atoms with E-state index in [1.807, 2.05) is 0 Å². The average molecular weight is 208 g/mol. The minimum absolute atomic E-state index is 0.0483. The maximum absolute atomic E-state index is 11.3. The van der Waals surface area contributed by atoms with E-state index in [2.05, 4.69) is 10.3 Å². The Morgan fingerprint density at radius 3 is 2.80 bits per heavy atom. The van der Waals surface area contributed by atoms with Gasteiger partial charge in [-0.15, -0.1) is 0 Å². The quantitative estimate of drug-likeness (QED) is 0.650. The Labute approximate surface area is 86.5 Å². The molecule has 0 atom stereocenters. The number of rotatable bonds is 1. The molecule has 0 spiro atoms. The predicted octanol–water partition coefficient (Wildman–Crippen LogP) is 1.30. The number of hydrogen-bond acceptors (Lipinski definition) is 2. The van der Waals surface area contributed by atoms with Gasteiger partial charge in [0, 0.05) is 17.7 Å². The number of carbonyl (C=O) groups excluding carboxylic acids is 1. The summed E-state index contributed by atoms with van der Waals surface area (Å²) in [5.74, 6) is -1.04. The molecule has 0 aromatic carbocycles. The summed E-state index contributed by atoms with van der Waals surface area (Å²) in [4.78, 5) is 25.0. The molecule has 2 rings (SSSR count). The Morgan fingerprint density at radius 1 is 1.40 bits per heavy atom. The largest absolute Gasteiger partial charge is 0.477 e. The van der Waals surface area contributed by atoms with E-state index in [4.69, 9.17) is 5.11 Å². The lowest BCUT2D eigenvalue weighted by molar-refractivity contribution is -0.116. The second-order valence-corrected chi connectivity index (χ2v) is 3.69. The lowest BCUT2D eigenvalue weighted by Gasteiger charge is -2.01. The molecule has 0 saturated heterocycles. The van der Waals surface area contributed by atoms with Crippen LogP contribution in [0.1, 0.15) is 34.6 Å². The van der Waals surface area contributed by atoms with Crippen LogP contribution in [-0.2, 0) is 11.2 Å². The van der Waals surface area contributed by atoms with Crippen molar-refractivity contribution in [3.05, 3.63) is 17.0 Å². The van der Waals surface area contributed by atoms with Crippen LogP contribution in [0.5, 0.6) is 0 Å². The van der Waals surface area contributed by atoms with E-state index in [-0.39, 0.29) is 11.6 Å². The van der Waals surface area contributed by atoms with Gasteiger partial charge in [0.1, 0.15) is 5.69 Å². The summed E-state index contributed by atoms with van der Waals surface area (Å²) in [6, 6.07) is 0. The highest BCUT2D eigenvalue weighted by atomic mass is 16.4. The number of carboxylic acids is 1. The van der Waals surface area contributed by atoms with Crippen molar-refractivity contribution in [1.82, 2.24) is 4.98 Å². The normalized spacial score (nSPS) is 15.4. The number of H-pyrrole nitrogens is 1. The van der Waals surface area contributed by atoms with E-state index in [9.17, 15) is 9.59 Å². The van der Waals surface area contributed by atoms with Gasteiger partial charge in [0.25, 0.3) is 0 Å². The van der Waals surface area contributed by atoms with Gasteiger partial charge in [-0.2, -0.15) is 0 Å². The molecule has 1 aliphatic rings. The second-order valence-electron chi connectivity index (χ2n) is 3.69. The standard InChI is InChI=1S/C10H12N2O3/c1-5-8-6(11-9(5)10(14)15)3-2-4-7(13)12-8/h11H,2-4H2,1H3,(H,12,13)(H,14,15). The highest BCUT2D eigenvalue weighted by Gasteiger charge is 2.22. The van der Waals surface area contributed by atoms with Crippen molar-refractivity contribution in [2.45, 2.75) is 26.2 Å². The van der Waals surface area contributed by atoms with Crippen molar-refractivity contribution in [2.24, 2.45) is 0 Å². The fourth-order valence-electron chi connectivity index (χ4n) is 1.86.